The van der Waals surface area contributed by atoms with Crippen molar-refractivity contribution in [1.82, 2.24) is 4.98 Å². The van der Waals surface area contributed by atoms with Gasteiger partial charge in [-0.05, 0) is 24.3 Å². The molecule has 1 aromatic heterocycles. The molecule has 0 atom stereocenters. The summed E-state index contributed by atoms with van der Waals surface area (Å²) in [6, 6.07) is 15.1. The van der Waals surface area contributed by atoms with Gasteiger partial charge < -0.3 is 4.98 Å². The number of pyridine rings is 1. The van der Waals surface area contributed by atoms with Gasteiger partial charge in [0.15, 0.2) is 5.43 Å². The maximum absolute atomic E-state index is 12.1. The first-order chi connectivity index (χ1) is 10.4. The molecule has 0 saturated carbocycles. The van der Waals surface area contributed by atoms with Gasteiger partial charge in [0.05, 0.1) is 0 Å². The first-order valence-electron chi connectivity index (χ1n) is 6.93. The molecule has 0 saturated heterocycles. The number of H-pyrrole nitrogens is 1. The van der Waals surface area contributed by atoms with Crippen LogP contribution in [0.25, 0.3) is 21.8 Å². The highest BCUT2D eigenvalue weighted by molar-refractivity contribution is 5.92. The molecule has 5 heteroatoms. The number of hydrogen-bond donors (Lipinski definition) is 1. The summed E-state index contributed by atoms with van der Waals surface area (Å²) in [5.74, 6) is 0. The average Bonchev–Trinajstić information content (AvgIpc) is 2.48. The molecule has 0 aliphatic carbocycles. The summed E-state index contributed by atoms with van der Waals surface area (Å²) in [7, 11) is 0. The van der Waals surface area contributed by atoms with E-state index in [0.29, 0.717) is 0 Å². The molecule has 2 aromatic carbocycles. The van der Waals surface area contributed by atoms with Crippen molar-refractivity contribution < 1.29 is 13.2 Å². The van der Waals surface area contributed by atoms with E-state index < -0.39 is 6.18 Å². The first kappa shape index (κ1) is 17.8. The Hall–Kier alpha value is -2.30. The Labute approximate surface area is 126 Å². The second kappa shape index (κ2) is 7.64. The van der Waals surface area contributed by atoms with E-state index in [4.69, 9.17) is 0 Å². The molecule has 0 bridgehead atoms. The molecule has 1 N–H and O–H groups in total. The van der Waals surface area contributed by atoms with Crippen molar-refractivity contribution in [2.75, 3.05) is 0 Å². The van der Waals surface area contributed by atoms with E-state index in [2.05, 4.69) is 4.98 Å². The summed E-state index contributed by atoms with van der Waals surface area (Å²) in [5, 5.41) is 1.49. The number of fused-ring (bicyclic) bond motifs is 2. The number of nitrogens with one attached hydrogen (secondary N) is 1. The van der Waals surface area contributed by atoms with Gasteiger partial charge in [-0.3, -0.25) is 4.79 Å². The van der Waals surface area contributed by atoms with Gasteiger partial charge in [0.2, 0.25) is 0 Å². The van der Waals surface area contributed by atoms with E-state index in [-0.39, 0.29) is 12.4 Å². The lowest BCUT2D eigenvalue weighted by atomic mass is 10.1. The fraction of sp³-hybridized carbons (Fsp3) is 0.235. The topological polar surface area (TPSA) is 32.9 Å². The van der Waals surface area contributed by atoms with E-state index >= 15 is 0 Å². The Kier molecular flexibility index (Phi) is 6.16. The maximum Gasteiger partial charge on any atom is 0.386 e. The standard InChI is InChI=1S/C13H9NO.C2H3F3.C2H6/c15-13-9-5-1-3-7-11(9)14-12-8-4-2-6-10(12)13;1-2(3,4)5;1-2/h1-8H,(H,14,15);1H3;1-2H3. The number of rotatable bonds is 0. The number of aromatic amines is 1. The third-order valence-electron chi connectivity index (χ3n) is 2.61. The minimum absolute atomic E-state index is 0.0972. The Balaban J connectivity index is 0.000000299. The molecule has 0 unspecified atom stereocenters. The molecule has 0 aliphatic heterocycles. The summed E-state index contributed by atoms with van der Waals surface area (Å²) < 4.78 is 31.1. The van der Waals surface area contributed by atoms with E-state index in [1.807, 2.05) is 62.4 Å². The van der Waals surface area contributed by atoms with Crippen LogP contribution in [0.2, 0.25) is 0 Å². The van der Waals surface area contributed by atoms with Gasteiger partial charge in [0.25, 0.3) is 0 Å². The predicted octanol–water partition coefficient (Wildman–Crippen LogP) is 5.28. The van der Waals surface area contributed by atoms with Gasteiger partial charge in [0, 0.05) is 28.7 Å². The Morgan fingerprint density at radius 3 is 1.50 bits per heavy atom. The molecule has 2 nitrogen and oxygen atoms in total. The molecule has 3 rings (SSSR count). The van der Waals surface area contributed by atoms with Crippen LogP contribution in [0.5, 0.6) is 0 Å². The van der Waals surface area contributed by atoms with Crippen molar-refractivity contribution in [1.29, 1.82) is 0 Å². The number of alkyl halides is 3. The highest BCUT2D eigenvalue weighted by Gasteiger charge is 2.15. The molecule has 0 fully saturated rings. The van der Waals surface area contributed by atoms with Crippen molar-refractivity contribution in [2.24, 2.45) is 0 Å². The number of hydrogen-bond acceptors (Lipinski definition) is 1. The molecule has 118 valence electrons. The van der Waals surface area contributed by atoms with Crippen LogP contribution in [0, 0.1) is 0 Å². The van der Waals surface area contributed by atoms with Gasteiger partial charge in [-0.25, -0.2) is 0 Å². The highest BCUT2D eigenvalue weighted by atomic mass is 19.4. The Morgan fingerprint density at radius 2 is 1.14 bits per heavy atom. The molecule has 0 radical (unpaired) electrons. The molecule has 3 aromatic rings. The molecular weight excluding hydrogens is 291 g/mol. The summed E-state index contributed by atoms with van der Waals surface area (Å²) in [6.45, 7) is 4.19. The number of benzene rings is 2. The van der Waals surface area contributed by atoms with Gasteiger partial charge in [0.1, 0.15) is 0 Å². The van der Waals surface area contributed by atoms with Crippen LogP contribution in [0.1, 0.15) is 20.8 Å². The fourth-order valence-electron chi connectivity index (χ4n) is 1.87. The highest BCUT2D eigenvalue weighted by Crippen LogP contribution is 2.13. The summed E-state index contributed by atoms with van der Waals surface area (Å²) in [6.07, 6.45) is -4.00. The summed E-state index contributed by atoms with van der Waals surface area (Å²) >= 11 is 0. The van der Waals surface area contributed by atoms with Crippen LogP contribution < -0.4 is 5.43 Å². The van der Waals surface area contributed by atoms with Crippen molar-refractivity contribution in [2.45, 2.75) is 26.9 Å². The average molecular weight is 309 g/mol. The van der Waals surface area contributed by atoms with E-state index in [0.717, 1.165) is 21.8 Å². The zero-order valence-electron chi connectivity index (χ0n) is 12.7. The van der Waals surface area contributed by atoms with E-state index in [1.165, 1.54) is 0 Å². The predicted molar refractivity (Wildman–Crippen MR) is 85.2 cm³/mol. The lowest BCUT2D eigenvalue weighted by molar-refractivity contribution is -0.110. The minimum Gasteiger partial charge on any atom is -0.354 e. The van der Waals surface area contributed by atoms with Crippen LogP contribution in [-0.4, -0.2) is 11.2 Å². The zero-order valence-corrected chi connectivity index (χ0v) is 12.7. The third-order valence-corrected chi connectivity index (χ3v) is 2.61. The molecular formula is C17H18F3NO. The normalized spacial score (nSPS) is 10.5. The van der Waals surface area contributed by atoms with Crippen molar-refractivity contribution in [3.63, 3.8) is 0 Å². The van der Waals surface area contributed by atoms with Gasteiger partial charge in [-0.1, -0.05) is 38.1 Å². The summed E-state index contributed by atoms with van der Waals surface area (Å²) in [5.41, 5.74) is 1.88. The van der Waals surface area contributed by atoms with Gasteiger partial charge >= 0.3 is 6.18 Å². The van der Waals surface area contributed by atoms with Crippen LogP contribution in [-0.2, 0) is 0 Å². The molecule has 0 aliphatic rings. The smallest absolute Gasteiger partial charge is 0.354 e. The molecule has 22 heavy (non-hydrogen) atoms. The quantitative estimate of drug-likeness (QED) is 0.563. The fourth-order valence-corrected chi connectivity index (χ4v) is 1.87. The van der Waals surface area contributed by atoms with Crippen molar-refractivity contribution >= 4 is 21.8 Å². The van der Waals surface area contributed by atoms with Crippen molar-refractivity contribution in [3.05, 3.63) is 58.8 Å². The minimum atomic E-state index is -4.00. The molecule has 1 heterocycles. The summed E-state index contributed by atoms with van der Waals surface area (Å²) in [4.78, 5) is 15.3. The number of halogens is 3. The largest absolute Gasteiger partial charge is 0.386 e. The maximum atomic E-state index is 12.1. The number of aromatic nitrogens is 1. The van der Waals surface area contributed by atoms with Gasteiger partial charge in [-0.15, -0.1) is 0 Å². The lowest BCUT2D eigenvalue weighted by Crippen LogP contribution is -2.03. The second-order valence-electron chi connectivity index (χ2n) is 4.33. The zero-order chi connectivity index (χ0) is 16.8. The number of para-hydroxylation sites is 2. The Bertz CT molecular complexity index is 728. The molecule has 0 amide bonds. The monoisotopic (exact) mass is 309 g/mol. The molecule has 0 spiro atoms. The Morgan fingerprint density at radius 1 is 0.818 bits per heavy atom. The van der Waals surface area contributed by atoms with Crippen LogP contribution in [0.15, 0.2) is 53.3 Å². The second-order valence-corrected chi connectivity index (χ2v) is 4.33. The van der Waals surface area contributed by atoms with Gasteiger partial charge in [-0.2, -0.15) is 13.2 Å². The van der Waals surface area contributed by atoms with Crippen LogP contribution in [0.3, 0.4) is 0 Å². The van der Waals surface area contributed by atoms with E-state index in [9.17, 15) is 18.0 Å². The SMILES string of the molecule is CC.CC(F)(F)F.O=c1c2ccccc2[nH]c2ccccc12. The van der Waals surface area contributed by atoms with E-state index in [1.54, 1.807) is 0 Å². The lowest BCUT2D eigenvalue weighted by Gasteiger charge is -2.01. The first-order valence-corrected chi connectivity index (χ1v) is 6.93. The third kappa shape index (κ3) is 4.91. The van der Waals surface area contributed by atoms with Crippen molar-refractivity contribution in [3.8, 4) is 0 Å². The van der Waals surface area contributed by atoms with Crippen LogP contribution in [0.4, 0.5) is 13.2 Å². The van der Waals surface area contributed by atoms with Crippen LogP contribution >= 0.6 is 0 Å².